The molecule has 0 bridgehead atoms. The molecule has 1 amide bonds. The van der Waals surface area contributed by atoms with Crippen molar-refractivity contribution >= 4 is 39.2 Å². The number of hydrogen-bond donors (Lipinski definition) is 0. The van der Waals surface area contributed by atoms with Crippen LogP contribution in [0.1, 0.15) is 51.5 Å². The molecule has 0 radical (unpaired) electrons. The zero-order valence-electron chi connectivity index (χ0n) is 17.3. The van der Waals surface area contributed by atoms with Crippen molar-refractivity contribution in [2.24, 2.45) is 0 Å². The van der Waals surface area contributed by atoms with E-state index in [0.717, 1.165) is 29.5 Å². The number of carbonyl (C=O) groups is 1. The number of nitrogens with zero attached hydrogens (tertiary/aromatic N) is 3. The van der Waals surface area contributed by atoms with Crippen LogP contribution in [0.5, 0.6) is 0 Å². The molecule has 0 spiro atoms. The number of fused-ring (bicyclic) bond motifs is 3. The summed E-state index contributed by atoms with van der Waals surface area (Å²) in [6.07, 6.45) is 4.82. The molecule has 2 aromatic heterocycles. The van der Waals surface area contributed by atoms with E-state index in [1.54, 1.807) is 22.0 Å². The molecule has 3 rings (SSSR count). The van der Waals surface area contributed by atoms with Crippen LogP contribution in [0.4, 0.5) is 0 Å². The molecule has 152 valence electrons. The average molecular weight is 420 g/mol. The molecule has 28 heavy (non-hydrogen) atoms. The third kappa shape index (κ3) is 3.79. The molecule has 7 heteroatoms. The van der Waals surface area contributed by atoms with Crippen molar-refractivity contribution in [3.05, 3.63) is 33.4 Å². The van der Waals surface area contributed by atoms with Crippen molar-refractivity contribution in [2.75, 3.05) is 0 Å². The van der Waals surface area contributed by atoms with Crippen LogP contribution in [0.3, 0.4) is 0 Å². The van der Waals surface area contributed by atoms with Crippen LogP contribution >= 0.6 is 23.1 Å². The Labute approximate surface area is 174 Å². The molecule has 0 aliphatic heterocycles. The summed E-state index contributed by atoms with van der Waals surface area (Å²) in [5, 5.41) is 1.05. The van der Waals surface area contributed by atoms with Crippen molar-refractivity contribution < 1.29 is 4.79 Å². The van der Waals surface area contributed by atoms with Crippen molar-refractivity contribution in [3.63, 3.8) is 0 Å². The summed E-state index contributed by atoms with van der Waals surface area (Å²) in [7, 11) is 0. The van der Waals surface area contributed by atoms with E-state index >= 15 is 0 Å². The molecule has 1 aliphatic carbocycles. The molecule has 0 saturated heterocycles. The smallest absolute Gasteiger partial charge is 0.263 e. The van der Waals surface area contributed by atoms with E-state index < -0.39 is 0 Å². The van der Waals surface area contributed by atoms with Gasteiger partial charge in [0.05, 0.1) is 10.6 Å². The number of thioether (sulfide) groups is 1. The number of amides is 1. The van der Waals surface area contributed by atoms with Crippen LogP contribution in [0.25, 0.3) is 10.2 Å². The summed E-state index contributed by atoms with van der Waals surface area (Å²) in [6.45, 7) is 14.2. The fourth-order valence-corrected chi connectivity index (χ4v) is 6.24. The molecular weight excluding hydrogens is 390 g/mol. The fourth-order valence-electron chi connectivity index (χ4n) is 3.96. The summed E-state index contributed by atoms with van der Waals surface area (Å²) in [5.41, 5.74) is 1.18. The minimum Gasteiger partial charge on any atom is -0.337 e. The molecule has 2 heterocycles. The predicted molar refractivity (Wildman–Crippen MR) is 119 cm³/mol. The largest absolute Gasteiger partial charge is 0.337 e. The molecule has 1 aliphatic rings. The van der Waals surface area contributed by atoms with Crippen molar-refractivity contribution in [1.29, 1.82) is 0 Å². The number of rotatable bonds is 7. The molecule has 2 aromatic rings. The number of carbonyl (C=O) groups excluding carboxylic acids is 1. The highest BCUT2D eigenvalue weighted by Gasteiger charge is 2.28. The number of thiophene rings is 1. The number of allylic oxidation sites excluding steroid dienone is 1. The lowest BCUT2D eigenvalue weighted by Crippen LogP contribution is -2.45. The van der Waals surface area contributed by atoms with Crippen LogP contribution < -0.4 is 5.56 Å². The van der Waals surface area contributed by atoms with Gasteiger partial charge in [0.25, 0.3) is 5.56 Å². The molecule has 0 fully saturated rings. The Balaban J connectivity index is 2.00. The van der Waals surface area contributed by atoms with Gasteiger partial charge in [0, 0.05) is 23.5 Å². The van der Waals surface area contributed by atoms with E-state index in [0.29, 0.717) is 11.7 Å². The summed E-state index contributed by atoms with van der Waals surface area (Å²) >= 11 is 3.00. The minimum atomic E-state index is -0.322. The molecule has 0 unspecified atom stereocenters. The first-order valence-electron chi connectivity index (χ1n) is 9.91. The standard InChI is InChI=1S/C21H29N3O2S2/c1-7-11-23-20(26)17-15-9-8-10-16(15)28-18(17)22-21(23)27-14(6)19(25)24(12(2)3)13(4)5/h7,12-14H,1,8-11H2,2-6H3/t14-/m1/s1. The van der Waals surface area contributed by atoms with Gasteiger partial charge >= 0.3 is 0 Å². The third-order valence-corrected chi connectivity index (χ3v) is 7.36. The van der Waals surface area contributed by atoms with E-state index in [2.05, 4.69) is 6.58 Å². The Morgan fingerprint density at radius 2 is 1.96 bits per heavy atom. The Bertz CT molecular complexity index is 951. The summed E-state index contributed by atoms with van der Waals surface area (Å²) < 4.78 is 1.67. The zero-order chi connectivity index (χ0) is 20.6. The third-order valence-electron chi connectivity index (χ3n) is 5.10. The Morgan fingerprint density at radius 3 is 2.57 bits per heavy atom. The maximum atomic E-state index is 13.2. The summed E-state index contributed by atoms with van der Waals surface area (Å²) in [6, 6.07) is 0.253. The Hall–Kier alpha value is -1.60. The average Bonchev–Trinajstić information content (AvgIpc) is 3.18. The van der Waals surface area contributed by atoms with E-state index in [-0.39, 0.29) is 28.8 Å². The van der Waals surface area contributed by atoms with Gasteiger partial charge < -0.3 is 4.90 Å². The predicted octanol–water partition coefficient (Wildman–Crippen LogP) is 4.26. The monoisotopic (exact) mass is 419 g/mol. The molecule has 0 N–H and O–H groups in total. The van der Waals surface area contributed by atoms with Gasteiger partial charge in [-0.3, -0.25) is 14.2 Å². The molecule has 0 aromatic carbocycles. The SMILES string of the molecule is C=CCn1c(S[C@H](C)C(=O)N(C(C)C)C(C)C)nc2sc3c(c2c1=O)CCC3. The van der Waals surface area contributed by atoms with Crippen LogP contribution in [0.15, 0.2) is 22.6 Å². The zero-order valence-corrected chi connectivity index (χ0v) is 19.0. The van der Waals surface area contributed by atoms with Gasteiger partial charge in [0.1, 0.15) is 4.83 Å². The summed E-state index contributed by atoms with van der Waals surface area (Å²) in [5.74, 6) is 0.0724. The van der Waals surface area contributed by atoms with Gasteiger partial charge in [-0.05, 0) is 59.4 Å². The highest BCUT2D eigenvalue weighted by Crippen LogP contribution is 2.36. The molecule has 5 nitrogen and oxygen atoms in total. The van der Waals surface area contributed by atoms with Gasteiger partial charge in [-0.25, -0.2) is 4.98 Å². The highest BCUT2D eigenvalue weighted by molar-refractivity contribution is 8.00. The number of aryl methyl sites for hydroxylation is 2. The van der Waals surface area contributed by atoms with E-state index in [9.17, 15) is 9.59 Å². The first kappa shape index (κ1) is 21.1. The van der Waals surface area contributed by atoms with Gasteiger partial charge in [-0.1, -0.05) is 17.8 Å². The van der Waals surface area contributed by atoms with Crippen LogP contribution in [-0.4, -0.2) is 37.7 Å². The first-order valence-corrected chi connectivity index (χ1v) is 11.6. The van der Waals surface area contributed by atoms with Gasteiger partial charge in [0.2, 0.25) is 5.91 Å². The second-order valence-electron chi connectivity index (χ2n) is 7.83. The quantitative estimate of drug-likeness (QED) is 0.382. The van der Waals surface area contributed by atoms with Crippen molar-refractivity contribution in [3.8, 4) is 0 Å². The molecule has 0 saturated carbocycles. The van der Waals surface area contributed by atoms with E-state index in [4.69, 9.17) is 4.98 Å². The van der Waals surface area contributed by atoms with Crippen molar-refractivity contribution in [2.45, 2.75) is 82.9 Å². The minimum absolute atomic E-state index is 0.00368. The lowest BCUT2D eigenvalue weighted by atomic mass is 10.2. The molecular formula is C21H29N3O2S2. The Morgan fingerprint density at radius 1 is 1.29 bits per heavy atom. The second kappa shape index (κ2) is 8.41. The van der Waals surface area contributed by atoms with Crippen LogP contribution in [-0.2, 0) is 24.2 Å². The topological polar surface area (TPSA) is 55.2 Å². The lowest BCUT2D eigenvalue weighted by molar-refractivity contribution is -0.133. The first-order chi connectivity index (χ1) is 13.3. The van der Waals surface area contributed by atoms with Gasteiger partial charge in [-0.15, -0.1) is 17.9 Å². The van der Waals surface area contributed by atoms with Gasteiger partial charge in [0.15, 0.2) is 5.16 Å². The molecule has 1 atom stereocenters. The maximum absolute atomic E-state index is 13.2. The number of hydrogen-bond acceptors (Lipinski definition) is 5. The lowest BCUT2D eigenvalue weighted by Gasteiger charge is -2.33. The van der Waals surface area contributed by atoms with Crippen molar-refractivity contribution in [1.82, 2.24) is 14.5 Å². The fraction of sp³-hybridized carbons (Fsp3) is 0.571. The maximum Gasteiger partial charge on any atom is 0.263 e. The van der Waals surface area contributed by atoms with E-state index in [1.807, 2.05) is 39.5 Å². The van der Waals surface area contributed by atoms with Gasteiger partial charge in [-0.2, -0.15) is 0 Å². The summed E-state index contributed by atoms with van der Waals surface area (Å²) in [4.78, 5) is 35.1. The number of aromatic nitrogens is 2. The van der Waals surface area contributed by atoms with Crippen LogP contribution in [0.2, 0.25) is 0 Å². The highest BCUT2D eigenvalue weighted by atomic mass is 32.2. The Kier molecular flexibility index (Phi) is 6.34. The van der Waals surface area contributed by atoms with E-state index in [1.165, 1.54) is 22.2 Å². The second-order valence-corrected chi connectivity index (χ2v) is 10.2. The van der Waals surface area contributed by atoms with Crippen LogP contribution in [0, 0.1) is 0 Å². The normalized spacial score (nSPS) is 14.7.